The van der Waals surface area contributed by atoms with Crippen molar-refractivity contribution in [3.8, 4) is 5.88 Å². The van der Waals surface area contributed by atoms with Gasteiger partial charge in [-0.05, 0) is 60.1 Å². The molecule has 0 aliphatic heterocycles. The molecule has 3 rings (SSSR count). The van der Waals surface area contributed by atoms with E-state index in [-0.39, 0.29) is 23.1 Å². The number of nitrogens with zero attached hydrogens (tertiary/aromatic N) is 1. The van der Waals surface area contributed by atoms with Crippen molar-refractivity contribution in [2.75, 3.05) is 18.4 Å². The maximum Gasteiger partial charge on any atom is 0.319 e. The summed E-state index contributed by atoms with van der Waals surface area (Å²) in [5, 5.41) is 8.76. The number of hydrogen-bond donors (Lipinski definition) is 4. The Kier molecular flexibility index (Phi) is 8.13. The first-order valence-corrected chi connectivity index (χ1v) is 10.7. The highest BCUT2D eigenvalue weighted by Crippen LogP contribution is 2.31. The first-order valence-electron chi connectivity index (χ1n) is 9.95. The van der Waals surface area contributed by atoms with Gasteiger partial charge >= 0.3 is 6.03 Å². The molecule has 0 atom stereocenters. The average Bonchev–Trinajstić information content (AvgIpc) is 3.50. The number of nitrogens with two attached hydrogens (primary N) is 1. The zero-order valence-electron chi connectivity index (χ0n) is 16.9. The molecule has 0 bridgehead atoms. The molecule has 0 unspecified atom stereocenters. The number of rotatable bonds is 12. The van der Waals surface area contributed by atoms with Gasteiger partial charge in [0.2, 0.25) is 5.88 Å². The van der Waals surface area contributed by atoms with E-state index >= 15 is 0 Å². The smallest absolute Gasteiger partial charge is 0.319 e. The Hall–Kier alpha value is -2.79. The van der Waals surface area contributed by atoms with E-state index in [1.807, 2.05) is 0 Å². The third-order valence-corrected chi connectivity index (χ3v) is 5.46. The fourth-order valence-corrected chi connectivity index (χ4v) is 3.62. The minimum Gasteiger partial charge on any atom is -0.472 e. The van der Waals surface area contributed by atoms with E-state index < -0.39 is 25.3 Å². The fourth-order valence-electron chi connectivity index (χ4n) is 2.88. The maximum atomic E-state index is 13.2. The van der Waals surface area contributed by atoms with Crippen LogP contribution in [0, 0.1) is 0 Å². The average molecular weight is 454 g/mol. The lowest BCUT2D eigenvalue weighted by molar-refractivity contribution is 0.0996. The van der Waals surface area contributed by atoms with E-state index in [2.05, 4.69) is 20.3 Å². The number of nitrogens with one attached hydrogen (secondary N) is 3. The summed E-state index contributed by atoms with van der Waals surface area (Å²) >= 11 is 0.847. The van der Waals surface area contributed by atoms with Gasteiger partial charge in [0.1, 0.15) is 30.5 Å². The number of amides is 3. The van der Waals surface area contributed by atoms with E-state index in [4.69, 9.17) is 10.5 Å². The number of halogens is 2. The van der Waals surface area contributed by atoms with Gasteiger partial charge in [0.05, 0.1) is 0 Å². The Bertz CT molecular complexity index is 920. The van der Waals surface area contributed by atoms with E-state index in [1.165, 1.54) is 31.0 Å². The molecule has 1 aromatic carbocycles. The van der Waals surface area contributed by atoms with Crippen molar-refractivity contribution in [3.05, 3.63) is 40.5 Å². The van der Waals surface area contributed by atoms with Crippen LogP contribution in [0.15, 0.2) is 18.2 Å². The summed E-state index contributed by atoms with van der Waals surface area (Å²) < 4.78 is 35.7. The highest BCUT2D eigenvalue weighted by Gasteiger charge is 2.22. The van der Waals surface area contributed by atoms with E-state index in [9.17, 15) is 18.4 Å². The number of carbonyl (C=O) groups excluding carboxylic acids is 2. The van der Waals surface area contributed by atoms with Crippen molar-refractivity contribution >= 4 is 28.5 Å². The van der Waals surface area contributed by atoms with E-state index in [1.54, 1.807) is 0 Å². The third-order valence-electron chi connectivity index (χ3n) is 4.72. The first-order chi connectivity index (χ1) is 15.0. The molecule has 5 N–H and O–H groups in total. The van der Waals surface area contributed by atoms with Crippen molar-refractivity contribution in [2.24, 2.45) is 5.73 Å². The predicted molar refractivity (Wildman–Crippen MR) is 114 cm³/mol. The summed E-state index contributed by atoms with van der Waals surface area (Å²) in [4.78, 5) is 24.0. The molecule has 0 spiro atoms. The minimum atomic E-state index is -0.823. The van der Waals surface area contributed by atoms with Gasteiger partial charge in [0, 0.05) is 12.6 Å². The molecule has 1 aliphatic rings. The summed E-state index contributed by atoms with van der Waals surface area (Å²) in [6.07, 6.45) is 3.18. The largest absolute Gasteiger partial charge is 0.472 e. The quantitative estimate of drug-likeness (QED) is 0.369. The van der Waals surface area contributed by atoms with Crippen LogP contribution in [0.4, 0.5) is 18.6 Å². The zero-order chi connectivity index (χ0) is 22.2. The number of benzene rings is 1. The van der Waals surface area contributed by atoms with Crippen LogP contribution < -0.4 is 26.4 Å². The van der Waals surface area contributed by atoms with Crippen LogP contribution in [0.1, 0.15) is 46.3 Å². The number of hydrogen-bond acceptors (Lipinski definition) is 6. The van der Waals surface area contributed by atoms with Crippen LogP contribution in [0.2, 0.25) is 0 Å². The van der Waals surface area contributed by atoms with Gasteiger partial charge < -0.3 is 21.1 Å². The van der Waals surface area contributed by atoms with Gasteiger partial charge in [-0.3, -0.25) is 10.1 Å². The predicted octanol–water partition coefficient (Wildman–Crippen LogP) is 3.02. The molecular weight excluding hydrogens is 428 g/mol. The first kappa shape index (κ1) is 22.9. The van der Waals surface area contributed by atoms with Crippen molar-refractivity contribution < 1.29 is 23.1 Å². The summed E-state index contributed by atoms with van der Waals surface area (Å²) in [6, 6.07) is 4.61. The van der Waals surface area contributed by atoms with Gasteiger partial charge in [-0.15, -0.1) is 0 Å². The van der Waals surface area contributed by atoms with Crippen molar-refractivity contribution in [1.82, 2.24) is 15.0 Å². The topological polar surface area (TPSA) is 118 Å². The summed E-state index contributed by atoms with van der Waals surface area (Å²) in [7, 11) is 0. The number of aromatic nitrogens is 1. The van der Waals surface area contributed by atoms with Gasteiger partial charge in [0.15, 0.2) is 0 Å². The fraction of sp³-hybridized carbons (Fsp3) is 0.450. The van der Waals surface area contributed by atoms with Crippen LogP contribution in [-0.2, 0) is 20.0 Å². The van der Waals surface area contributed by atoms with Crippen LogP contribution in [-0.4, -0.2) is 35.4 Å². The molecule has 1 aromatic heterocycles. The van der Waals surface area contributed by atoms with E-state index in [0.717, 1.165) is 24.5 Å². The lowest BCUT2D eigenvalue weighted by Gasteiger charge is -2.10. The number of anilines is 1. The van der Waals surface area contributed by atoms with Gasteiger partial charge in [0.25, 0.3) is 5.91 Å². The number of primary amides is 1. The molecule has 1 heterocycles. The van der Waals surface area contributed by atoms with Crippen LogP contribution >= 0.6 is 11.5 Å². The van der Waals surface area contributed by atoms with Gasteiger partial charge in [-0.2, -0.15) is 4.37 Å². The number of ether oxygens (including phenoxy) is 1. The van der Waals surface area contributed by atoms with E-state index in [0.29, 0.717) is 29.3 Å². The molecule has 1 fully saturated rings. The second-order valence-electron chi connectivity index (χ2n) is 7.18. The molecule has 1 aliphatic carbocycles. The molecule has 0 radical (unpaired) electrons. The minimum absolute atomic E-state index is 0.0704. The van der Waals surface area contributed by atoms with Crippen LogP contribution in [0.5, 0.6) is 5.88 Å². The molecule has 2 aromatic rings. The molecule has 8 nitrogen and oxygen atoms in total. The highest BCUT2D eigenvalue weighted by atomic mass is 32.1. The standard InChI is InChI=1S/C20H25F2N5O3S/c21-9-12-2-3-13(10-22)14(8-12)11-30-18-16(17(23)28)19(31-27-18)26-20(29)25-7-1-6-24-15-4-5-15/h2-3,8,15,24H,1,4-7,9-11H2,(H2,23,28)(H2,25,26,29). The van der Waals surface area contributed by atoms with Gasteiger partial charge in [-0.1, -0.05) is 12.1 Å². The highest BCUT2D eigenvalue weighted by molar-refractivity contribution is 7.11. The Morgan fingerprint density at radius 3 is 2.68 bits per heavy atom. The molecule has 168 valence electrons. The molecular formula is C20H25F2N5O3S. The summed E-state index contributed by atoms with van der Waals surface area (Å²) in [5.41, 5.74) is 6.54. The van der Waals surface area contributed by atoms with Crippen molar-refractivity contribution in [1.29, 1.82) is 0 Å². The Balaban J connectivity index is 1.58. The summed E-state index contributed by atoms with van der Waals surface area (Å²) in [5.74, 6) is -0.896. The second-order valence-corrected chi connectivity index (χ2v) is 7.95. The lowest BCUT2D eigenvalue weighted by atomic mass is 10.1. The third kappa shape index (κ3) is 6.59. The molecule has 31 heavy (non-hydrogen) atoms. The Morgan fingerprint density at radius 2 is 2.00 bits per heavy atom. The zero-order valence-corrected chi connectivity index (χ0v) is 17.7. The summed E-state index contributed by atoms with van der Waals surface area (Å²) in [6.45, 7) is -0.273. The lowest BCUT2D eigenvalue weighted by Crippen LogP contribution is -2.32. The monoisotopic (exact) mass is 453 g/mol. The molecule has 0 saturated heterocycles. The van der Waals surface area contributed by atoms with Crippen LogP contribution in [0.25, 0.3) is 0 Å². The second kappa shape index (κ2) is 11.0. The van der Waals surface area contributed by atoms with Crippen molar-refractivity contribution in [2.45, 2.75) is 45.3 Å². The molecule has 1 saturated carbocycles. The normalized spacial score (nSPS) is 13.1. The Labute approximate surface area is 182 Å². The Morgan fingerprint density at radius 1 is 1.19 bits per heavy atom. The number of alkyl halides is 2. The van der Waals surface area contributed by atoms with Crippen LogP contribution in [0.3, 0.4) is 0 Å². The molecule has 11 heteroatoms. The SMILES string of the molecule is NC(=O)c1c(OCc2cc(CF)ccc2CF)nsc1NC(=O)NCCCNC1CC1. The van der Waals surface area contributed by atoms with Gasteiger partial charge in [-0.25, -0.2) is 13.6 Å². The van der Waals surface area contributed by atoms with Crippen molar-refractivity contribution in [3.63, 3.8) is 0 Å². The maximum absolute atomic E-state index is 13.2. The molecule has 3 amide bonds. The number of urea groups is 1. The number of carbonyl (C=O) groups is 2.